The van der Waals surface area contributed by atoms with Crippen molar-refractivity contribution in [2.24, 2.45) is 0 Å². The van der Waals surface area contributed by atoms with Gasteiger partial charge in [-0.25, -0.2) is 16.8 Å². The van der Waals surface area contributed by atoms with Gasteiger partial charge in [0, 0.05) is 37.8 Å². The molecule has 3 rings (SSSR count). The quantitative estimate of drug-likeness (QED) is 0.506. The molecular weight excluding hydrogens is 430 g/mol. The lowest BCUT2D eigenvalue weighted by Crippen LogP contribution is -2.50. The predicted molar refractivity (Wildman–Crippen MR) is 111 cm³/mol. The van der Waals surface area contributed by atoms with Crippen molar-refractivity contribution in [2.45, 2.75) is 30.6 Å². The Bertz CT molecular complexity index is 1200. The summed E-state index contributed by atoms with van der Waals surface area (Å²) in [6, 6.07) is 8.96. The van der Waals surface area contributed by atoms with Crippen molar-refractivity contribution in [3.8, 4) is 0 Å². The number of nitro groups is 1. The van der Waals surface area contributed by atoms with Gasteiger partial charge in [-0.3, -0.25) is 10.1 Å². The topological polar surface area (TPSA) is 118 Å². The van der Waals surface area contributed by atoms with E-state index < -0.39 is 25.0 Å². The lowest BCUT2D eigenvalue weighted by molar-refractivity contribution is -0.385. The SMILES string of the molecule is Cc1ccc(C)c(S(=O)(=O)N2CCN(S(=O)(=O)c3ccc(C)c([N+](=O)[O-])c3)CC2)c1. The molecule has 1 heterocycles. The molecule has 11 heteroatoms. The Morgan fingerprint density at radius 3 is 1.90 bits per heavy atom. The van der Waals surface area contributed by atoms with E-state index in [1.54, 1.807) is 19.1 Å². The second-order valence-corrected chi connectivity index (χ2v) is 11.1. The number of aryl methyl sites for hydroxylation is 3. The summed E-state index contributed by atoms with van der Waals surface area (Å²) in [5.74, 6) is 0. The van der Waals surface area contributed by atoms with E-state index in [9.17, 15) is 26.9 Å². The van der Waals surface area contributed by atoms with Crippen LogP contribution in [0.3, 0.4) is 0 Å². The molecule has 0 N–H and O–H groups in total. The molecule has 1 saturated heterocycles. The second-order valence-electron chi connectivity index (χ2n) is 7.28. The van der Waals surface area contributed by atoms with Crippen LogP contribution in [0.5, 0.6) is 0 Å². The summed E-state index contributed by atoms with van der Waals surface area (Å²) in [4.78, 5) is 10.6. The number of sulfonamides is 2. The molecule has 30 heavy (non-hydrogen) atoms. The maximum atomic E-state index is 13.0. The van der Waals surface area contributed by atoms with Gasteiger partial charge in [0.15, 0.2) is 0 Å². The molecule has 0 bridgehead atoms. The van der Waals surface area contributed by atoms with Crippen molar-refractivity contribution in [2.75, 3.05) is 26.2 Å². The zero-order valence-electron chi connectivity index (χ0n) is 16.9. The molecule has 1 fully saturated rings. The third-order valence-corrected chi connectivity index (χ3v) is 9.11. The molecule has 0 atom stereocenters. The van der Waals surface area contributed by atoms with E-state index in [0.717, 1.165) is 15.9 Å². The molecule has 9 nitrogen and oxygen atoms in total. The van der Waals surface area contributed by atoms with Gasteiger partial charge in [-0.1, -0.05) is 18.2 Å². The fourth-order valence-corrected chi connectivity index (χ4v) is 6.54. The highest BCUT2D eigenvalue weighted by molar-refractivity contribution is 7.89. The first-order valence-corrected chi connectivity index (χ1v) is 12.1. The minimum atomic E-state index is -3.98. The van der Waals surface area contributed by atoms with Crippen LogP contribution in [0.4, 0.5) is 5.69 Å². The minimum Gasteiger partial charge on any atom is -0.258 e. The van der Waals surface area contributed by atoms with E-state index in [1.807, 2.05) is 13.0 Å². The Balaban J connectivity index is 1.82. The predicted octanol–water partition coefficient (Wildman–Crippen LogP) is 2.22. The normalized spacial score (nSPS) is 16.5. The monoisotopic (exact) mass is 453 g/mol. The van der Waals surface area contributed by atoms with Crippen molar-refractivity contribution in [1.29, 1.82) is 0 Å². The van der Waals surface area contributed by atoms with Crippen LogP contribution in [-0.2, 0) is 20.0 Å². The van der Waals surface area contributed by atoms with Crippen LogP contribution in [0.15, 0.2) is 46.2 Å². The fraction of sp³-hybridized carbons (Fsp3) is 0.368. The molecule has 0 amide bonds. The van der Waals surface area contributed by atoms with Gasteiger partial charge < -0.3 is 0 Å². The van der Waals surface area contributed by atoms with E-state index in [2.05, 4.69) is 0 Å². The molecule has 2 aromatic rings. The highest BCUT2D eigenvalue weighted by Crippen LogP contribution is 2.27. The Kier molecular flexibility index (Phi) is 6.01. The second kappa shape index (κ2) is 8.06. The van der Waals surface area contributed by atoms with Gasteiger partial charge in [0.1, 0.15) is 0 Å². The standard InChI is InChI=1S/C19H23N3O6S2/c1-14-4-5-16(3)19(12-14)30(27,28)21-10-8-20(9-11-21)29(25,26)17-7-6-15(2)18(13-17)22(23)24/h4-7,12-13H,8-11H2,1-3H3. The summed E-state index contributed by atoms with van der Waals surface area (Å²) in [5.41, 5.74) is 1.54. The van der Waals surface area contributed by atoms with Crippen molar-refractivity contribution in [3.05, 3.63) is 63.2 Å². The Morgan fingerprint density at radius 1 is 0.800 bits per heavy atom. The highest BCUT2D eigenvalue weighted by atomic mass is 32.2. The van der Waals surface area contributed by atoms with Gasteiger partial charge in [0.05, 0.1) is 14.7 Å². The summed E-state index contributed by atoms with van der Waals surface area (Å²) in [7, 11) is -7.73. The lowest BCUT2D eigenvalue weighted by atomic mass is 10.2. The largest absolute Gasteiger partial charge is 0.273 e. The first kappa shape index (κ1) is 22.3. The molecule has 0 aromatic heterocycles. The Hall–Kier alpha value is -2.34. The van der Waals surface area contributed by atoms with Crippen molar-refractivity contribution >= 4 is 25.7 Å². The number of piperazine rings is 1. The van der Waals surface area contributed by atoms with Gasteiger partial charge in [0.2, 0.25) is 20.0 Å². The number of benzene rings is 2. The zero-order chi connectivity index (χ0) is 22.3. The van der Waals surface area contributed by atoms with Gasteiger partial charge in [-0.15, -0.1) is 0 Å². The number of hydrogen-bond acceptors (Lipinski definition) is 6. The Labute approximate surface area is 176 Å². The summed E-state index contributed by atoms with van der Waals surface area (Å²) in [6.45, 7) is 5.00. The minimum absolute atomic E-state index is 0.00288. The summed E-state index contributed by atoms with van der Waals surface area (Å²) in [6.07, 6.45) is 0. The number of nitro benzene ring substituents is 1. The zero-order valence-corrected chi connectivity index (χ0v) is 18.5. The molecule has 0 saturated carbocycles. The molecule has 0 spiro atoms. The average Bonchev–Trinajstić information content (AvgIpc) is 2.69. The van der Waals surface area contributed by atoms with Gasteiger partial charge in [-0.05, 0) is 44.0 Å². The van der Waals surface area contributed by atoms with Crippen molar-refractivity contribution in [3.63, 3.8) is 0 Å². The van der Waals surface area contributed by atoms with E-state index >= 15 is 0 Å². The van der Waals surface area contributed by atoms with Crippen LogP contribution in [0, 0.1) is 30.9 Å². The molecular formula is C19H23N3O6S2. The molecule has 0 radical (unpaired) electrons. The smallest absolute Gasteiger partial charge is 0.258 e. The maximum absolute atomic E-state index is 13.0. The summed E-state index contributed by atoms with van der Waals surface area (Å²) < 4.78 is 54.4. The molecule has 1 aliphatic rings. The molecule has 1 aliphatic heterocycles. The Morgan fingerprint density at radius 2 is 1.33 bits per heavy atom. The van der Waals surface area contributed by atoms with E-state index in [4.69, 9.17) is 0 Å². The number of hydrogen-bond donors (Lipinski definition) is 0. The van der Waals surface area contributed by atoms with Crippen LogP contribution in [0.25, 0.3) is 0 Å². The summed E-state index contributed by atoms with van der Waals surface area (Å²) >= 11 is 0. The number of rotatable bonds is 5. The van der Waals surface area contributed by atoms with Crippen LogP contribution >= 0.6 is 0 Å². The first-order valence-electron chi connectivity index (χ1n) is 9.27. The third-order valence-electron chi connectivity index (χ3n) is 5.17. The van der Waals surface area contributed by atoms with Crippen LogP contribution in [0.2, 0.25) is 0 Å². The fourth-order valence-electron chi connectivity index (χ4n) is 3.37. The molecule has 0 unspecified atom stereocenters. The molecule has 2 aromatic carbocycles. The van der Waals surface area contributed by atoms with E-state index in [-0.39, 0.29) is 41.7 Å². The average molecular weight is 454 g/mol. The molecule has 0 aliphatic carbocycles. The third kappa shape index (κ3) is 4.10. The maximum Gasteiger partial charge on any atom is 0.273 e. The van der Waals surface area contributed by atoms with Crippen molar-refractivity contribution < 1.29 is 21.8 Å². The van der Waals surface area contributed by atoms with Crippen molar-refractivity contribution in [1.82, 2.24) is 8.61 Å². The highest BCUT2D eigenvalue weighted by Gasteiger charge is 2.35. The van der Waals surface area contributed by atoms with E-state index in [1.165, 1.54) is 23.4 Å². The van der Waals surface area contributed by atoms with Gasteiger partial charge in [-0.2, -0.15) is 8.61 Å². The lowest BCUT2D eigenvalue weighted by Gasteiger charge is -2.33. The van der Waals surface area contributed by atoms with Crippen LogP contribution in [-0.4, -0.2) is 56.5 Å². The number of nitrogens with zero attached hydrogens (tertiary/aromatic N) is 3. The van der Waals surface area contributed by atoms with Crippen LogP contribution in [0.1, 0.15) is 16.7 Å². The summed E-state index contributed by atoms with van der Waals surface area (Å²) in [5, 5.41) is 11.1. The first-order chi connectivity index (χ1) is 13.9. The van der Waals surface area contributed by atoms with Gasteiger partial charge >= 0.3 is 0 Å². The molecule has 162 valence electrons. The van der Waals surface area contributed by atoms with Gasteiger partial charge in [0.25, 0.3) is 5.69 Å². The van der Waals surface area contributed by atoms with Crippen LogP contribution < -0.4 is 0 Å². The van der Waals surface area contributed by atoms with E-state index in [0.29, 0.717) is 11.1 Å².